The SMILES string of the molecule is CCCS(=O)(=O)CCn1cc(C(=O)OC)nn1. The Bertz CT molecular complexity index is 480. The highest BCUT2D eigenvalue weighted by atomic mass is 32.2. The van der Waals surface area contributed by atoms with Crippen molar-refractivity contribution in [1.82, 2.24) is 15.0 Å². The number of sulfone groups is 1. The third kappa shape index (κ3) is 4.14. The highest BCUT2D eigenvalue weighted by molar-refractivity contribution is 7.91. The predicted molar refractivity (Wildman–Crippen MR) is 60.3 cm³/mol. The number of methoxy groups -OCH3 is 1. The Labute approximate surface area is 99.7 Å². The smallest absolute Gasteiger partial charge is 0.360 e. The van der Waals surface area contributed by atoms with Crippen molar-refractivity contribution >= 4 is 15.8 Å². The normalized spacial score (nSPS) is 11.4. The molecule has 0 aliphatic heterocycles. The Morgan fingerprint density at radius 2 is 2.18 bits per heavy atom. The lowest BCUT2D eigenvalue weighted by Gasteiger charge is -2.01. The van der Waals surface area contributed by atoms with Crippen molar-refractivity contribution in [2.45, 2.75) is 19.9 Å². The fourth-order valence-corrected chi connectivity index (χ4v) is 2.54. The van der Waals surface area contributed by atoms with Crippen molar-refractivity contribution in [3.05, 3.63) is 11.9 Å². The molecule has 7 nitrogen and oxygen atoms in total. The average molecular weight is 261 g/mol. The number of aromatic nitrogens is 3. The molecule has 0 unspecified atom stereocenters. The van der Waals surface area contributed by atoms with E-state index in [2.05, 4.69) is 15.0 Å². The van der Waals surface area contributed by atoms with E-state index >= 15 is 0 Å². The average Bonchev–Trinajstić information content (AvgIpc) is 2.74. The maximum absolute atomic E-state index is 11.4. The molecular weight excluding hydrogens is 246 g/mol. The summed E-state index contributed by atoms with van der Waals surface area (Å²) in [5.74, 6) is -0.441. The van der Waals surface area contributed by atoms with E-state index in [9.17, 15) is 13.2 Å². The highest BCUT2D eigenvalue weighted by Crippen LogP contribution is 1.98. The minimum Gasteiger partial charge on any atom is -0.464 e. The van der Waals surface area contributed by atoms with E-state index in [0.29, 0.717) is 6.42 Å². The zero-order valence-corrected chi connectivity index (χ0v) is 10.6. The van der Waals surface area contributed by atoms with Crippen LogP contribution in [0, 0.1) is 0 Å². The number of hydrogen-bond donors (Lipinski definition) is 0. The van der Waals surface area contributed by atoms with Gasteiger partial charge in [-0.1, -0.05) is 12.1 Å². The molecule has 0 saturated heterocycles. The number of carbonyl (C=O) groups excluding carboxylic acids is 1. The lowest BCUT2D eigenvalue weighted by molar-refractivity contribution is 0.0594. The molecule has 0 radical (unpaired) electrons. The van der Waals surface area contributed by atoms with E-state index < -0.39 is 15.8 Å². The number of nitrogens with zero attached hydrogens (tertiary/aromatic N) is 3. The predicted octanol–water partition coefficient (Wildman–Crippen LogP) is -0.111. The van der Waals surface area contributed by atoms with Crippen LogP contribution in [0.2, 0.25) is 0 Å². The van der Waals surface area contributed by atoms with Crippen molar-refractivity contribution in [2.24, 2.45) is 0 Å². The van der Waals surface area contributed by atoms with Gasteiger partial charge < -0.3 is 4.74 Å². The molecule has 0 amide bonds. The fourth-order valence-electron chi connectivity index (χ4n) is 1.25. The van der Waals surface area contributed by atoms with Gasteiger partial charge in [-0.25, -0.2) is 13.2 Å². The summed E-state index contributed by atoms with van der Waals surface area (Å²) in [5.41, 5.74) is 0.0698. The zero-order valence-electron chi connectivity index (χ0n) is 9.79. The molecule has 0 aliphatic rings. The van der Waals surface area contributed by atoms with E-state index in [0.717, 1.165) is 0 Å². The number of hydrogen-bond acceptors (Lipinski definition) is 6. The van der Waals surface area contributed by atoms with Crippen molar-refractivity contribution in [1.29, 1.82) is 0 Å². The minimum atomic E-state index is -3.05. The topological polar surface area (TPSA) is 91.2 Å². The van der Waals surface area contributed by atoms with Gasteiger partial charge in [-0.3, -0.25) is 4.68 Å². The summed E-state index contributed by atoms with van der Waals surface area (Å²) in [4.78, 5) is 11.1. The molecule has 0 saturated carbocycles. The molecule has 0 spiro atoms. The number of carbonyl (C=O) groups is 1. The molecule has 0 atom stereocenters. The Morgan fingerprint density at radius 3 is 2.76 bits per heavy atom. The lowest BCUT2D eigenvalue weighted by Crippen LogP contribution is -2.16. The summed E-state index contributed by atoms with van der Waals surface area (Å²) in [7, 11) is -1.81. The van der Waals surface area contributed by atoms with Crippen LogP contribution in [0.25, 0.3) is 0 Å². The van der Waals surface area contributed by atoms with Gasteiger partial charge >= 0.3 is 5.97 Å². The molecule has 8 heteroatoms. The maximum Gasteiger partial charge on any atom is 0.360 e. The first-order valence-electron chi connectivity index (χ1n) is 5.17. The maximum atomic E-state index is 11.4. The summed E-state index contributed by atoms with van der Waals surface area (Å²) in [6.07, 6.45) is 1.96. The summed E-state index contributed by atoms with van der Waals surface area (Å²) in [6.45, 7) is 1.99. The first kappa shape index (κ1) is 13.6. The minimum absolute atomic E-state index is 0.00911. The molecule has 96 valence electrons. The van der Waals surface area contributed by atoms with Crippen LogP contribution in [0.5, 0.6) is 0 Å². The van der Waals surface area contributed by atoms with Gasteiger partial charge in [0.2, 0.25) is 0 Å². The van der Waals surface area contributed by atoms with Gasteiger partial charge in [0.15, 0.2) is 15.5 Å². The van der Waals surface area contributed by atoms with Gasteiger partial charge in [0.25, 0.3) is 0 Å². The van der Waals surface area contributed by atoms with Crippen LogP contribution in [-0.4, -0.2) is 48.0 Å². The first-order chi connectivity index (χ1) is 7.98. The summed E-state index contributed by atoms with van der Waals surface area (Å²) in [6, 6.07) is 0. The van der Waals surface area contributed by atoms with Crippen molar-refractivity contribution < 1.29 is 17.9 Å². The molecule has 1 rings (SSSR count). The molecule has 1 aromatic heterocycles. The fraction of sp³-hybridized carbons (Fsp3) is 0.667. The second-order valence-corrected chi connectivity index (χ2v) is 5.81. The largest absolute Gasteiger partial charge is 0.464 e. The van der Waals surface area contributed by atoms with Crippen molar-refractivity contribution in [3.8, 4) is 0 Å². The van der Waals surface area contributed by atoms with Crippen LogP contribution in [0.3, 0.4) is 0 Å². The zero-order chi connectivity index (χ0) is 12.9. The molecular formula is C9H15N3O4S. The molecule has 1 heterocycles. The van der Waals surface area contributed by atoms with Crippen LogP contribution in [-0.2, 0) is 21.1 Å². The van der Waals surface area contributed by atoms with Gasteiger partial charge in [0, 0.05) is 5.75 Å². The summed E-state index contributed by atoms with van der Waals surface area (Å²) in [5, 5.41) is 7.23. The number of esters is 1. The second kappa shape index (κ2) is 5.76. The van der Waals surface area contributed by atoms with Crippen LogP contribution < -0.4 is 0 Å². The lowest BCUT2D eigenvalue weighted by atomic mass is 10.5. The van der Waals surface area contributed by atoms with E-state index in [1.807, 2.05) is 6.92 Å². The number of aryl methyl sites for hydroxylation is 1. The molecule has 0 bridgehead atoms. The quantitative estimate of drug-likeness (QED) is 0.663. The van der Waals surface area contributed by atoms with E-state index in [1.54, 1.807) is 0 Å². The van der Waals surface area contributed by atoms with Gasteiger partial charge in [-0.05, 0) is 6.42 Å². The number of ether oxygens (including phenoxy) is 1. The molecule has 0 N–H and O–H groups in total. The molecule has 17 heavy (non-hydrogen) atoms. The van der Waals surface area contributed by atoms with Gasteiger partial charge in [0.1, 0.15) is 0 Å². The summed E-state index contributed by atoms with van der Waals surface area (Å²) >= 11 is 0. The van der Waals surface area contributed by atoms with Gasteiger partial charge in [0.05, 0.1) is 25.6 Å². The molecule has 1 aromatic rings. The van der Waals surface area contributed by atoms with Gasteiger partial charge in [-0.2, -0.15) is 0 Å². The van der Waals surface area contributed by atoms with Crippen molar-refractivity contribution in [2.75, 3.05) is 18.6 Å². The van der Waals surface area contributed by atoms with Crippen LogP contribution in [0.4, 0.5) is 0 Å². The van der Waals surface area contributed by atoms with Crippen LogP contribution >= 0.6 is 0 Å². The number of rotatable bonds is 6. The van der Waals surface area contributed by atoms with Crippen LogP contribution in [0.15, 0.2) is 6.20 Å². The third-order valence-corrected chi connectivity index (χ3v) is 3.91. The summed E-state index contributed by atoms with van der Waals surface area (Å²) < 4.78 is 28.7. The Balaban J connectivity index is 2.59. The Hall–Kier alpha value is -1.44. The van der Waals surface area contributed by atoms with Crippen molar-refractivity contribution in [3.63, 3.8) is 0 Å². The molecule has 0 aromatic carbocycles. The Kier molecular flexibility index (Phi) is 4.62. The second-order valence-electron chi connectivity index (χ2n) is 3.51. The molecule has 0 fully saturated rings. The third-order valence-electron chi connectivity index (χ3n) is 2.08. The van der Waals surface area contributed by atoms with E-state index in [4.69, 9.17) is 0 Å². The van der Waals surface area contributed by atoms with Gasteiger partial charge in [-0.15, -0.1) is 5.10 Å². The van der Waals surface area contributed by atoms with E-state index in [1.165, 1.54) is 18.0 Å². The molecule has 0 aliphatic carbocycles. The highest BCUT2D eigenvalue weighted by Gasteiger charge is 2.13. The monoisotopic (exact) mass is 261 g/mol. The van der Waals surface area contributed by atoms with Crippen LogP contribution in [0.1, 0.15) is 23.8 Å². The Morgan fingerprint density at radius 1 is 1.47 bits per heavy atom. The van der Waals surface area contributed by atoms with E-state index in [-0.39, 0.29) is 23.7 Å². The standard InChI is InChI=1S/C9H15N3O4S/c1-3-5-17(14,15)6-4-12-7-8(10-11-12)9(13)16-2/h7H,3-6H2,1-2H3. The first-order valence-corrected chi connectivity index (χ1v) is 6.99.